The number of nitriles is 1. The lowest BCUT2D eigenvalue weighted by Crippen LogP contribution is -2.29. The molecule has 1 unspecified atom stereocenters. The molecule has 0 spiro atoms. The number of rotatable bonds is 2. The molecule has 0 aromatic carbocycles. The lowest BCUT2D eigenvalue weighted by atomic mass is 10.1. The summed E-state index contributed by atoms with van der Waals surface area (Å²) in [7, 11) is 1.80. The van der Waals surface area contributed by atoms with Gasteiger partial charge in [0, 0.05) is 18.5 Å². The standard InChI is InChI=1S/C11H13N3OS/c1-8-3-6-16-10(8)9-7-14(5-4-12)11(15)13(9)2/h3,6,9H,5,7H2,1-2H3. The van der Waals surface area contributed by atoms with E-state index in [0.717, 1.165) is 0 Å². The van der Waals surface area contributed by atoms with Gasteiger partial charge in [0.05, 0.1) is 12.1 Å². The van der Waals surface area contributed by atoms with Crippen molar-refractivity contribution in [2.75, 3.05) is 20.1 Å². The molecule has 1 fully saturated rings. The van der Waals surface area contributed by atoms with Crippen LogP contribution in [0.5, 0.6) is 0 Å². The minimum absolute atomic E-state index is 0.0562. The zero-order valence-electron chi connectivity index (χ0n) is 9.30. The van der Waals surface area contributed by atoms with Crippen molar-refractivity contribution < 1.29 is 4.79 Å². The molecule has 0 saturated carbocycles. The Morgan fingerprint density at radius 3 is 3.00 bits per heavy atom. The van der Waals surface area contributed by atoms with Gasteiger partial charge in [-0.05, 0) is 23.9 Å². The van der Waals surface area contributed by atoms with Gasteiger partial charge >= 0.3 is 6.03 Å². The molecular formula is C11H13N3OS. The average molecular weight is 235 g/mol. The second kappa shape index (κ2) is 4.14. The molecule has 16 heavy (non-hydrogen) atoms. The van der Waals surface area contributed by atoms with Gasteiger partial charge in [-0.15, -0.1) is 11.3 Å². The monoisotopic (exact) mass is 235 g/mol. The number of amides is 2. The van der Waals surface area contributed by atoms with E-state index in [2.05, 4.69) is 13.0 Å². The number of hydrogen-bond acceptors (Lipinski definition) is 3. The summed E-state index contributed by atoms with van der Waals surface area (Å²) in [4.78, 5) is 16.3. The molecule has 84 valence electrons. The number of carbonyl (C=O) groups excluding carboxylic acids is 1. The van der Waals surface area contributed by atoms with E-state index < -0.39 is 0 Å². The van der Waals surface area contributed by atoms with E-state index in [1.54, 1.807) is 28.2 Å². The first-order valence-corrected chi connectivity index (χ1v) is 5.95. The highest BCUT2D eigenvalue weighted by Gasteiger charge is 2.36. The summed E-state index contributed by atoms with van der Waals surface area (Å²) in [5, 5.41) is 10.7. The number of hydrogen-bond donors (Lipinski definition) is 0. The molecule has 2 heterocycles. The van der Waals surface area contributed by atoms with Crippen LogP contribution in [0.25, 0.3) is 0 Å². The van der Waals surface area contributed by atoms with Crippen LogP contribution in [-0.4, -0.2) is 36.0 Å². The van der Waals surface area contributed by atoms with E-state index in [-0.39, 0.29) is 18.6 Å². The fraction of sp³-hybridized carbons (Fsp3) is 0.455. The minimum atomic E-state index is -0.0562. The fourth-order valence-corrected chi connectivity index (χ4v) is 3.03. The van der Waals surface area contributed by atoms with E-state index in [9.17, 15) is 4.79 Å². The SMILES string of the molecule is Cc1ccsc1C1CN(CC#N)C(=O)N1C. The van der Waals surface area contributed by atoms with Crippen LogP contribution in [0.1, 0.15) is 16.5 Å². The second-order valence-corrected chi connectivity index (χ2v) is 4.86. The first kappa shape index (κ1) is 11.0. The summed E-state index contributed by atoms with van der Waals surface area (Å²) in [6, 6.07) is 4.13. The van der Waals surface area contributed by atoms with Crippen LogP contribution in [-0.2, 0) is 0 Å². The van der Waals surface area contributed by atoms with Crippen LogP contribution in [0.2, 0.25) is 0 Å². The second-order valence-electron chi connectivity index (χ2n) is 3.92. The Hall–Kier alpha value is -1.54. The van der Waals surface area contributed by atoms with Gasteiger partial charge in [-0.3, -0.25) is 0 Å². The summed E-state index contributed by atoms with van der Waals surface area (Å²) in [5.41, 5.74) is 1.22. The van der Waals surface area contributed by atoms with Crippen molar-refractivity contribution in [1.29, 1.82) is 5.26 Å². The largest absolute Gasteiger partial charge is 0.321 e. The van der Waals surface area contributed by atoms with Crippen molar-refractivity contribution in [3.8, 4) is 6.07 Å². The van der Waals surface area contributed by atoms with Crippen LogP contribution in [0.15, 0.2) is 11.4 Å². The highest BCUT2D eigenvalue weighted by molar-refractivity contribution is 7.10. The van der Waals surface area contributed by atoms with Crippen LogP contribution in [0.4, 0.5) is 4.79 Å². The third-order valence-electron chi connectivity index (χ3n) is 2.90. The zero-order chi connectivity index (χ0) is 11.7. The lowest BCUT2D eigenvalue weighted by Gasteiger charge is -2.17. The first-order chi connectivity index (χ1) is 7.65. The van der Waals surface area contributed by atoms with Crippen LogP contribution in [0, 0.1) is 18.3 Å². The molecule has 1 aliphatic heterocycles. The van der Waals surface area contributed by atoms with Crippen molar-refractivity contribution in [3.05, 3.63) is 21.9 Å². The Kier molecular flexibility index (Phi) is 2.84. The maximum Gasteiger partial charge on any atom is 0.321 e. The molecule has 5 heteroatoms. The van der Waals surface area contributed by atoms with Crippen molar-refractivity contribution in [1.82, 2.24) is 9.80 Å². The predicted octanol–water partition coefficient (Wildman–Crippen LogP) is 1.99. The molecule has 2 amide bonds. The average Bonchev–Trinajstić information content (AvgIpc) is 2.78. The van der Waals surface area contributed by atoms with E-state index in [0.29, 0.717) is 6.54 Å². The summed E-state index contributed by atoms with van der Waals surface area (Å²) < 4.78 is 0. The van der Waals surface area contributed by atoms with Gasteiger partial charge in [0.2, 0.25) is 0 Å². The number of urea groups is 1. The summed E-state index contributed by atoms with van der Waals surface area (Å²) in [6.07, 6.45) is 0. The smallest absolute Gasteiger partial charge is 0.318 e. The van der Waals surface area contributed by atoms with Gasteiger partial charge in [-0.25, -0.2) is 4.79 Å². The molecule has 4 nitrogen and oxygen atoms in total. The quantitative estimate of drug-likeness (QED) is 0.736. The van der Waals surface area contributed by atoms with Gasteiger partial charge in [0.1, 0.15) is 6.54 Å². The Morgan fingerprint density at radius 2 is 2.44 bits per heavy atom. The molecule has 0 radical (unpaired) electrons. The molecule has 0 bridgehead atoms. The molecule has 1 saturated heterocycles. The highest BCUT2D eigenvalue weighted by Crippen LogP contribution is 2.33. The van der Waals surface area contributed by atoms with Gasteiger partial charge in [0.15, 0.2) is 0 Å². The van der Waals surface area contributed by atoms with Gasteiger partial charge in [-0.2, -0.15) is 5.26 Å². The third-order valence-corrected chi connectivity index (χ3v) is 4.02. The number of carbonyl (C=O) groups is 1. The molecule has 1 atom stereocenters. The van der Waals surface area contributed by atoms with Gasteiger partial charge in [-0.1, -0.05) is 0 Å². The Bertz CT molecular complexity index is 448. The topological polar surface area (TPSA) is 47.3 Å². The maximum absolute atomic E-state index is 11.8. The maximum atomic E-state index is 11.8. The van der Waals surface area contributed by atoms with E-state index >= 15 is 0 Å². The van der Waals surface area contributed by atoms with E-state index in [1.165, 1.54) is 10.4 Å². The Morgan fingerprint density at radius 1 is 1.69 bits per heavy atom. The Labute approximate surface area is 98.7 Å². The van der Waals surface area contributed by atoms with Gasteiger partial charge < -0.3 is 9.80 Å². The van der Waals surface area contributed by atoms with Gasteiger partial charge in [0.25, 0.3) is 0 Å². The van der Waals surface area contributed by atoms with Crippen molar-refractivity contribution in [3.63, 3.8) is 0 Å². The molecule has 0 aliphatic carbocycles. The number of thiophene rings is 1. The molecular weight excluding hydrogens is 222 g/mol. The zero-order valence-corrected chi connectivity index (χ0v) is 10.1. The summed E-state index contributed by atoms with van der Waals surface area (Å²) in [6.45, 7) is 2.84. The van der Waals surface area contributed by atoms with Crippen molar-refractivity contribution >= 4 is 17.4 Å². The van der Waals surface area contributed by atoms with Crippen molar-refractivity contribution in [2.24, 2.45) is 0 Å². The van der Waals surface area contributed by atoms with E-state index in [1.807, 2.05) is 11.4 Å². The highest BCUT2D eigenvalue weighted by atomic mass is 32.1. The van der Waals surface area contributed by atoms with Crippen molar-refractivity contribution in [2.45, 2.75) is 13.0 Å². The summed E-state index contributed by atoms with van der Waals surface area (Å²) >= 11 is 1.67. The molecule has 1 aromatic rings. The number of likely N-dealkylation sites (N-methyl/N-ethyl adjacent to an activating group) is 1. The van der Waals surface area contributed by atoms with Crippen LogP contribution < -0.4 is 0 Å². The molecule has 2 rings (SSSR count). The lowest BCUT2D eigenvalue weighted by molar-refractivity contribution is 0.199. The third kappa shape index (κ3) is 1.65. The first-order valence-electron chi connectivity index (χ1n) is 5.08. The minimum Gasteiger partial charge on any atom is -0.318 e. The summed E-state index contributed by atoms with van der Waals surface area (Å²) in [5.74, 6) is 0. The Balaban J connectivity index is 2.23. The van der Waals surface area contributed by atoms with Crippen LogP contribution >= 0.6 is 11.3 Å². The number of nitrogens with zero attached hydrogens (tertiary/aromatic N) is 3. The van der Waals surface area contributed by atoms with E-state index in [4.69, 9.17) is 5.26 Å². The predicted molar refractivity (Wildman–Crippen MR) is 62.1 cm³/mol. The van der Waals surface area contributed by atoms with Crippen LogP contribution in [0.3, 0.4) is 0 Å². The molecule has 1 aliphatic rings. The molecule has 0 N–H and O–H groups in total. The molecule has 1 aromatic heterocycles. The fourth-order valence-electron chi connectivity index (χ4n) is 1.97. The number of aryl methyl sites for hydroxylation is 1. The normalized spacial score (nSPS) is 20.3.